The van der Waals surface area contributed by atoms with Crippen LogP contribution in [0.4, 0.5) is 22.2 Å². The highest BCUT2D eigenvalue weighted by atomic mass is 32.2. The van der Waals surface area contributed by atoms with Crippen molar-refractivity contribution in [2.24, 2.45) is 0 Å². The van der Waals surface area contributed by atoms with Crippen LogP contribution in [0.5, 0.6) is 0 Å². The molecule has 0 spiro atoms. The van der Waals surface area contributed by atoms with E-state index in [9.17, 15) is 18.0 Å². The number of sulfone groups is 1. The lowest BCUT2D eigenvalue weighted by molar-refractivity contribution is -0.114. The van der Waals surface area contributed by atoms with Crippen LogP contribution in [0.25, 0.3) is 0 Å². The van der Waals surface area contributed by atoms with Crippen molar-refractivity contribution in [3.63, 3.8) is 0 Å². The smallest absolute Gasteiger partial charge is 0.275 e. The van der Waals surface area contributed by atoms with Gasteiger partial charge in [0.2, 0.25) is 5.91 Å². The van der Waals surface area contributed by atoms with Crippen molar-refractivity contribution in [3.8, 4) is 0 Å². The van der Waals surface area contributed by atoms with Gasteiger partial charge in [-0.3, -0.25) is 9.59 Å². The molecule has 2 aromatic carbocycles. The summed E-state index contributed by atoms with van der Waals surface area (Å²) in [5.74, 6) is -0.588. The van der Waals surface area contributed by atoms with E-state index in [1.165, 1.54) is 30.4 Å². The van der Waals surface area contributed by atoms with Gasteiger partial charge in [0, 0.05) is 35.6 Å². The summed E-state index contributed by atoms with van der Waals surface area (Å²) in [6.45, 7) is 1.41. The van der Waals surface area contributed by atoms with Crippen molar-refractivity contribution in [2.45, 2.75) is 11.8 Å². The second kappa shape index (κ2) is 8.41. The Bertz CT molecular complexity index is 1150. The van der Waals surface area contributed by atoms with Gasteiger partial charge in [0.15, 0.2) is 15.0 Å². The molecule has 0 unspecified atom stereocenters. The number of thiazole rings is 1. The minimum Gasteiger partial charge on any atom is -0.332 e. The summed E-state index contributed by atoms with van der Waals surface area (Å²) in [6.07, 6.45) is 1.15. The van der Waals surface area contributed by atoms with Gasteiger partial charge in [0.25, 0.3) is 5.91 Å². The molecule has 10 heteroatoms. The average molecular weight is 431 g/mol. The second-order valence-corrected chi connectivity index (χ2v) is 9.05. The van der Waals surface area contributed by atoms with Crippen molar-refractivity contribution in [3.05, 3.63) is 59.6 Å². The van der Waals surface area contributed by atoms with E-state index < -0.39 is 9.84 Å². The van der Waals surface area contributed by atoms with Gasteiger partial charge in [-0.05, 0) is 42.5 Å². The van der Waals surface area contributed by atoms with Crippen LogP contribution in [-0.4, -0.2) is 31.5 Å². The first-order chi connectivity index (χ1) is 13.7. The molecule has 3 rings (SSSR count). The van der Waals surface area contributed by atoms with Crippen LogP contribution in [0.2, 0.25) is 0 Å². The number of carbonyl (C=O) groups is 2. The first-order valence-electron chi connectivity index (χ1n) is 8.42. The van der Waals surface area contributed by atoms with Gasteiger partial charge in [-0.1, -0.05) is 6.07 Å². The van der Waals surface area contributed by atoms with E-state index in [0.29, 0.717) is 22.2 Å². The summed E-state index contributed by atoms with van der Waals surface area (Å²) in [6, 6.07) is 13.1. The zero-order valence-electron chi connectivity index (χ0n) is 15.6. The molecule has 0 bridgehead atoms. The minimum atomic E-state index is -3.26. The molecule has 0 atom stereocenters. The minimum absolute atomic E-state index is 0.201. The molecule has 0 aliphatic rings. The molecule has 1 heterocycles. The lowest BCUT2D eigenvalue weighted by Gasteiger charge is -2.07. The Balaban J connectivity index is 1.66. The molecule has 0 fully saturated rings. The number of amides is 2. The Morgan fingerprint density at radius 3 is 2.24 bits per heavy atom. The van der Waals surface area contributed by atoms with E-state index in [4.69, 9.17) is 0 Å². The fraction of sp³-hybridized carbons (Fsp3) is 0.105. The van der Waals surface area contributed by atoms with E-state index in [1.54, 1.807) is 41.8 Å². The van der Waals surface area contributed by atoms with Crippen LogP contribution in [0.3, 0.4) is 0 Å². The van der Waals surface area contributed by atoms with Crippen LogP contribution in [0, 0.1) is 0 Å². The maximum absolute atomic E-state index is 12.4. The van der Waals surface area contributed by atoms with E-state index in [-0.39, 0.29) is 22.4 Å². The Labute approximate surface area is 171 Å². The molecule has 3 aromatic rings. The molecular formula is C19H18N4O4S2. The quantitative estimate of drug-likeness (QED) is 0.551. The van der Waals surface area contributed by atoms with E-state index in [2.05, 4.69) is 20.9 Å². The molecular weight excluding hydrogens is 412 g/mol. The van der Waals surface area contributed by atoms with Gasteiger partial charge < -0.3 is 16.0 Å². The topological polar surface area (TPSA) is 117 Å². The summed E-state index contributed by atoms with van der Waals surface area (Å²) >= 11 is 1.25. The van der Waals surface area contributed by atoms with Crippen LogP contribution in [-0.2, 0) is 14.6 Å². The zero-order chi connectivity index (χ0) is 21.0. The third-order valence-corrected chi connectivity index (χ3v) is 5.60. The Morgan fingerprint density at radius 1 is 0.966 bits per heavy atom. The first kappa shape index (κ1) is 20.5. The highest BCUT2D eigenvalue weighted by Crippen LogP contribution is 2.23. The molecule has 8 nitrogen and oxygen atoms in total. The van der Waals surface area contributed by atoms with E-state index in [1.807, 2.05) is 0 Å². The summed E-state index contributed by atoms with van der Waals surface area (Å²) in [7, 11) is -3.26. The van der Waals surface area contributed by atoms with Crippen LogP contribution in [0.15, 0.2) is 58.8 Å². The average Bonchev–Trinajstić information content (AvgIpc) is 3.10. The lowest BCUT2D eigenvalue weighted by atomic mass is 10.2. The number of carbonyl (C=O) groups excluding carboxylic acids is 2. The van der Waals surface area contributed by atoms with Crippen molar-refractivity contribution >= 4 is 55.2 Å². The fourth-order valence-corrected chi connectivity index (χ4v) is 3.76. The van der Waals surface area contributed by atoms with Gasteiger partial charge in [0.1, 0.15) is 5.69 Å². The van der Waals surface area contributed by atoms with Gasteiger partial charge in [-0.25, -0.2) is 13.4 Å². The molecule has 0 radical (unpaired) electrons. The van der Waals surface area contributed by atoms with Crippen molar-refractivity contribution in [1.82, 2.24) is 4.98 Å². The summed E-state index contributed by atoms with van der Waals surface area (Å²) < 4.78 is 23.0. The maximum Gasteiger partial charge on any atom is 0.275 e. The number of aromatic nitrogens is 1. The number of hydrogen-bond donors (Lipinski definition) is 3. The molecule has 0 saturated heterocycles. The number of nitrogens with zero attached hydrogens (tertiary/aromatic N) is 1. The first-order valence-corrected chi connectivity index (χ1v) is 11.2. The zero-order valence-corrected chi connectivity index (χ0v) is 17.2. The predicted molar refractivity (Wildman–Crippen MR) is 114 cm³/mol. The summed E-state index contributed by atoms with van der Waals surface area (Å²) in [5.41, 5.74) is 1.99. The molecule has 0 aliphatic heterocycles. The van der Waals surface area contributed by atoms with Crippen LogP contribution >= 0.6 is 11.3 Å². The van der Waals surface area contributed by atoms with Crippen molar-refractivity contribution in [1.29, 1.82) is 0 Å². The van der Waals surface area contributed by atoms with Gasteiger partial charge in [0.05, 0.1) is 4.90 Å². The van der Waals surface area contributed by atoms with E-state index >= 15 is 0 Å². The van der Waals surface area contributed by atoms with Crippen LogP contribution in [0.1, 0.15) is 17.4 Å². The molecule has 150 valence electrons. The number of benzene rings is 2. The molecule has 29 heavy (non-hydrogen) atoms. The summed E-state index contributed by atoms with van der Waals surface area (Å²) in [4.78, 5) is 28.0. The predicted octanol–water partition coefficient (Wildman–Crippen LogP) is 3.50. The Morgan fingerprint density at radius 2 is 1.62 bits per heavy atom. The molecule has 1 aromatic heterocycles. The number of rotatable bonds is 6. The van der Waals surface area contributed by atoms with Crippen molar-refractivity contribution in [2.75, 3.05) is 22.2 Å². The molecule has 2 amide bonds. The van der Waals surface area contributed by atoms with Crippen molar-refractivity contribution < 1.29 is 18.0 Å². The molecule has 0 saturated carbocycles. The third-order valence-electron chi connectivity index (χ3n) is 3.71. The maximum atomic E-state index is 12.4. The normalized spacial score (nSPS) is 11.0. The number of anilines is 4. The third kappa shape index (κ3) is 5.62. The molecule has 0 aliphatic carbocycles. The monoisotopic (exact) mass is 430 g/mol. The summed E-state index contributed by atoms with van der Waals surface area (Å²) in [5, 5.41) is 10.5. The largest absolute Gasteiger partial charge is 0.332 e. The lowest BCUT2D eigenvalue weighted by Crippen LogP contribution is -2.13. The van der Waals surface area contributed by atoms with E-state index in [0.717, 1.165) is 6.26 Å². The fourth-order valence-electron chi connectivity index (χ4n) is 2.42. The van der Waals surface area contributed by atoms with Gasteiger partial charge in [-0.15, -0.1) is 11.3 Å². The van der Waals surface area contributed by atoms with Gasteiger partial charge >= 0.3 is 0 Å². The van der Waals surface area contributed by atoms with Gasteiger partial charge in [-0.2, -0.15) is 0 Å². The Kier molecular flexibility index (Phi) is 5.95. The highest BCUT2D eigenvalue weighted by Gasteiger charge is 2.12. The second-order valence-electron chi connectivity index (χ2n) is 6.18. The Hall–Kier alpha value is -3.24. The number of nitrogens with one attached hydrogen (secondary N) is 3. The standard InChI is InChI=1S/C19H18N4O4S2/c1-12(24)20-14-4-3-5-15(10-14)21-18(25)17-11-28-19(23-17)22-13-6-8-16(9-7-13)29(2,26)27/h3-11H,1-2H3,(H,20,24)(H,21,25)(H,22,23). The SMILES string of the molecule is CC(=O)Nc1cccc(NC(=O)c2csc(Nc3ccc(S(C)(=O)=O)cc3)n2)c1. The highest BCUT2D eigenvalue weighted by molar-refractivity contribution is 7.90. The number of hydrogen-bond acceptors (Lipinski definition) is 7. The molecule has 3 N–H and O–H groups in total. The van der Waals surface area contributed by atoms with Crippen LogP contribution < -0.4 is 16.0 Å².